The summed E-state index contributed by atoms with van der Waals surface area (Å²) in [6, 6.07) is 6.26. The molecular weight excluding hydrogens is 212 g/mol. The molecule has 1 unspecified atom stereocenters. The largest absolute Gasteiger partial charge is 0.454 e. The second-order valence-corrected chi connectivity index (χ2v) is 4.53. The van der Waals surface area contributed by atoms with E-state index in [-0.39, 0.29) is 0 Å². The number of allylic oxidation sites excluding steroid dienone is 1. The van der Waals surface area contributed by atoms with Gasteiger partial charge in [-0.3, -0.25) is 0 Å². The van der Waals surface area contributed by atoms with Crippen LogP contribution in [0.3, 0.4) is 0 Å². The van der Waals surface area contributed by atoms with E-state index in [1.807, 2.05) is 12.1 Å². The van der Waals surface area contributed by atoms with Gasteiger partial charge >= 0.3 is 0 Å². The molecule has 2 rings (SSSR count). The molecule has 2 nitrogen and oxygen atoms in total. The van der Waals surface area contributed by atoms with E-state index in [9.17, 15) is 0 Å². The van der Waals surface area contributed by atoms with Crippen molar-refractivity contribution in [3.05, 3.63) is 36.4 Å². The summed E-state index contributed by atoms with van der Waals surface area (Å²) in [7, 11) is 0. The second kappa shape index (κ2) is 5.76. The van der Waals surface area contributed by atoms with Gasteiger partial charge in [-0.1, -0.05) is 25.5 Å². The molecule has 1 atom stereocenters. The average molecular weight is 232 g/mol. The standard InChI is InChI=1S/C15H20O2/c1-3-5-6-12(4-2)9-13-7-8-14-15(10-13)17-11-16-14/h3,7-8,10,12H,1,4-6,9,11H2,2H3. The lowest BCUT2D eigenvalue weighted by molar-refractivity contribution is 0.174. The summed E-state index contributed by atoms with van der Waals surface area (Å²) in [4.78, 5) is 0. The molecule has 0 radical (unpaired) electrons. The Hall–Kier alpha value is -1.44. The van der Waals surface area contributed by atoms with Crippen molar-refractivity contribution in [2.45, 2.75) is 32.6 Å². The highest BCUT2D eigenvalue weighted by Crippen LogP contribution is 2.33. The predicted octanol–water partition coefficient (Wildman–Crippen LogP) is 3.95. The molecule has 1 heterocycles. The highest BCUT2D eigenvalue weighted by atomic mass is 16.7. The first-order chi connectivity index (χ1) is 8.33. The van der Waals surface area contributed by atoms with E-state index in [0.29, 0.717) is 6.79 Å². The van der Waals surface area contributed by atoms with Gasteiger partial charge in [-0.15, -0.1) is 6.58 Å². The van der Waals surface area contributed by atoms with Crippen LogP contribution in [0.1, 0.15) is 31.7 Å². The molecule has 0 bridgehead atoms. The van der Waals surface area contributed by atoms with Crippen LogP contribution in [0.2, 0.25) is 0 Å². The van der Waals surface area contributed by atoms with E-state index in [0.717, 1.165) is 30.3 Å². The van der Waals surface area contributed by atoms with Crippen molar-refractivity contribution in [2.75, 3.05) is 6.79 Å². The minimum Gasteiger partial charge on any atom is -0.454 e. The van der Waals surface area contributed by atoms with Crippen molar-refractivity contribution in [1.29, 1.82) is 0 Å². The molecule has 92 valence electrons. The van der Waals surface area contributed by atoms with Gasteiger partial charge in [0.2, 0.25) is 6.79 Å². The van der Waals surface area contributed by atoms with Gasteiger partial charge in [-0.2, -0.15) is 0 Å². The van der Waals surface area contributed by atoms with Gasteiger partial charge in [0.25, 0.3) is 0 Å². The lowest BCUT2D eigenvalue weighted by atomic mass is 9.92. The van der Waals surface area contributed by atoms with Gasteiger partial charge < -0.3 is 9.47 Å². The Morgan fingerprint density at radius 3 is 2.94 bits per heavy atom. The van der Waals surface area contributed by atoms with Crippen LogP contribution in [0.25, 0.3) is 0 Å². The van der Waals surface area contributed by atoms with Gasteiger partial charge in [0.1, 0.15) is 0 Å². The fourth-order valence-electron chi connectivity index (χ4n) is 2.21. The Kier molecular flexibility index (Phi) is 4.08. The minimum atomic E-state index is 0.354. The molecule has 1 aromatic carbocycles. The van der Waals surface area contributed by atoms with Crippen molar-refractivity contribution in [2.24, 2.45) is 5.92 Å². The Morgan fingerprint density at radius 1 is 1.35 bits per heavy atom. The number of ether oxygens (including phenoxy) is 2. The molecule has 2 heteroatoms. The van der Waals surface area contributed by atoms with Crippen LogP contribution in [-0.2, 0) is 6.42 Å². The first kappa shape index (κ1) is 12.0. The molecule has 0 aromatic heterocycles. The lowest BCUT2D eigenvalue weighted by Gasteiger charge is -2.14. The molecular formula is C15H20O2. The molecule has 1 aliphatic rings. The van der Waals surface area contributed by atoms with Crippen LogP contribution in [0, 0.1) is 5.92 Å². The number of fused-ring (bicyclic) bond motifs is 1. The SMILES string of the molecule is C=CCCC(CC)Cc1ccc2c(c1)OCO2. The van der Waals surface area contributed by atoms with Crippen LogP contribution >= 0.6 is 0 Å². The minimum absolute atomic E-state index is 0.354. The summed E-state index contributed by atoms with van der Waals surface area (Å²) in [5.74, 6) is 2.49. The number of benzene rings is 1. The summed E-state index contributed by atoms with van der Waals surface area (Å²) in [6.45, 7) is 6.39. The number of hydrogen-bond acceptors (Lipinski definition) is 2. The topological polar surface area (TPSA) is 18.5 Å². The van der Waals surface area contributed by atoms with E-state index in [1.54, 1.807) is 0 Å². The van der Waals surface area contributed by atoms with E-state index in [4.69, 9.17) is 9.47 Å². The number of hydrogen-bond donors (Lipinski definition) is 0. The molecule has 0 saturated carbocycles. The third-order valence-electron chi connectivity index (χ3n) is 3.32. The summed E-state index contributed by atoms with van der Waals surface area (Å²) in [5, 5.41) is 0. The van der Waals surface area contributed by atoms with Crippen LogP contribution in [0.4, 0.5) is 0 Å². The van der Waals surface area contributed by atoms with Gasteiger partial charge in [-0.05, 0) is 42.9 Å². The molecule has 0 saturated heterocycles. The highest BCUT2D eigenvalue weighted by Gasteiger charge is 2.14. The maximum atomic E-state index is 5.40. The Bertz CT molecular complexity index is 385. The zero-order valence-electron chi connectivity index (χ0n) is 10.4. The van der Waals surface area contributed by atoms with Gasteiger partial charge in [0.05, 0.1) is 0 Å². The zero-order chi connectivity index (χ0) is 12.1. The zero-order valence-corrected chi connectivity index (χ0v) is 10.4. The monoisotopic (exact) mass is 232 g/mol. The van der Waals surface area contributed by atoms with Crippen molar-refractivity contribution >= 4 is 0 Å². The molecule has 1 aromatic rings. The van der Waals surface area contributed by atoms with Gasteiger partial charge in [0.15, 0.2) is 11.5 Å². The maximum Gasteiger partial charge on any atom is 0.231 e. The summed E-state index contributed by atoms with van der Waals surface area (Å²) >= 11 is 0. The molecule has 17 heavy (non-hydrogen) atoms. The van der Waals surface area contributed by atoms with Crippen LogP contribution in [0.15, 0.2) is 30.9 Å². The van der Waals surface area contributed by atoms with Crippen LogP contribution < -0.4 is 9.47 Å². The van der Waals surface area contributed by atoms with Gasteiger partial charge in [-0.25, -0.2) is 0 Å². The van der Waals surface area contributed by atoms with E-state index in [2.05, 4.69) is 25.6 Å². The molecule has 0 amide bonds. The van der Waals surface area contributed by atoms with Crippen molar-refractivity contribution in [3.8, 4) is 11.5 Å². The average Bonchev–Trinajstić information content (AvgIpc) is 2.81. The Morgan fingerprint density at radius 2 is 2.18 bits per heavy atom. The summed E-state index contributed by atoms with van der Waals surface area (Å²) < 4.78 is 10.7. The molecule has 0 spiro atoms. The highest BCUT2D eigenvalue weighted by molar-refractivity contribution is 5.44. The fraction of sp³-hybridized carbons (Fsp3) is 0.467. The van der Waals surface area contributed by atoms with Crippen molar-refractivity contribution in [3.63, 3.8) is 0 Å². The van der Waals surface area contributed by atoms with E-state index >= 15 is 0 Å². The van der Waals surface area contributed by atoms with Crippen LogP contribution in [0.5, 0.6) is 11.5 Å². The quantitative estimate of drug-likeness (QED) is 0.691. The third kappa shape index (κ3) is 3.02. The predicted molar refractivity (Wildman–Crippen MR) is 69.5 cm³/mol. The molecule has 0 fully saturated rings. The Balaban J connectivity index is 1.99. The second-order valence-electron chi connectivity index (χ2n) is 4.53. The third-order valence-corrected chi connectivity index (χ3v) is 3.32. The lowest BCUT2D eigenvalue weighted by Crippen LogP contribution is -2.03. The van der Waals surface area contributed by atoms with E-state index in [1.165, 1.54) is 18.4 Å². The normalized spacial score (nSPS) is 14.6. The summed E-state index contributed by atoms with van der Waals surface area (Å²) in [6.07, 6.45) is 6.64. The summed E-state index contributed by atoms with van der Waals surface area (Å²) in [5.41, 5.74) is 1.34. The van der Waals surface area contributed by atoms with Gasteiger partial charge in [0, 0.05) is 0 Å². The number of rotatable bonds is 6. The van der Waals surface area contributed by atoms with Crippen LogP contribution in [-0.4, -0.2) is 6.79 Å². The van der Waals surface area contributed by atoms with Crippen molar-refractivity contribution < 1.29 is 9.47 Å². The van der Waals surface area contributed by atoms with Crippen molar-refractivity contribution in [1.82, 2.24) is 0 Å². The molecule has 0 aliphatic carbocycles. The fourth-order valence-corrected chi connectivity index (χ4v) is 2.21. The smallest absolute Gasteiger partial charge is 0.231 e. The van der Waals surface area contributed by atoms with E-state index < -0.39 is 0 Å². The molecule has 1 aliphatic heterocycles. The maximum absolute atomic E-state index is 5.40. The first-order valence-corrected chi connectivity index (χ1v) is 6.33. The first-order valence-electron chi connectivity index (χ1n) is 6.33. The molecule has 0 N–H and O–H groups in total. The Labute approximate surface area is 103 Å².